The smallest absolute Gasteiger partial charge is 0.283 e. The number of hydrogen-bond donors (Lipinski definition) is 0. The minimum atomic E-state index is -3.67. The highest BCUT2D eigenvalue weighted by Gasteiger charge is 2.21. The van der Waals surface area contributed by atoms with Crippen LogP contribution in [-0.2, 0) is 10.0 Å². The second-order valence-corrected chi connectivity index (χ2v) is 7.53. The molecular formula is C17H24N2O3S. The average Bonchev–Trinajstić information content (AvgIpc) is 2.84. The van der Waals surface area contributed by atoms with Crippen LogP contribution in [0.25, 0.3) is 0 Å². The predicted octanol–water partition coefficient (Wildman–Crippen LogP) is 3.61. The molecule has 126 valence electrons. The van der Waals surface area contributed by atoms with Crippen molar-refractivity contribution in [3.63, 3.8) is 0 Å². The van der Waals surface area contributed by atoms with E-state index in [1.165, 1.54) is 0 Å². The van der Waals surface area contributed by atoms with E-state index in [1.54, 1.807) is 38.1 Å². The van der Waals surface area contributed by atoms with Gasteiger partial charge in [-0.15, -0.1) is 0 Å². The van der Waals surface area contributed by atoms with E-state index >= 15 is 0 Å². The van der Waals surface area contributed by atoms with Crippen molar-refractivity contribution in [1.29, 1.82) is 0 Å². The predicted molar refractivity (Wildman–Crippen MR) is 90.5 cm³/mol. The minimum absolute atomic E-state index is 0.224. The topological polar surface area (TPSA) is 61.2 Å². The standard InChI is InChI=1S/C17H24N2O3S/c1-5-6-7-10-22-17-9-8-16(11-13(17)2)23(20,21)19-15(4)12-14(3)18-19/h8-9,11-12H,5-7,10H2,1-4H3. The Labute approximate surface area is 138 Å². The molecule has 0 fully saturated rings. The Morgan fingerprint density at radius 3 is 2.43 bits per heavy atom. The van der Waals surface area contributed by atoms with Crippen LogP contribution in [0.2, 0.25) is 0 Å². The Hall–Kier alpha value is -1.82. The molecule has 2 aromatic rings. The van der Waals surface area contributed by atoms with E-state index in [-0.39, 0.29) is 4.90 Å². The van der Waals surface area contributed by atoms with Crippen LogP contribution in [-0.4, -0.2) is 24.2 Å². The maximum atomic E-state index is 12.7. The minimum Gasteiger partial charge on any atom is -0.493 e. The highest BCUT2D eigenvalue weighted by atomic mass is 32.2. The molecule has 0 saturated heterocycles. The molecule has 0 atom stereocenters. The highest BCUT2D eigenvalue weighted by molar-refractivity contribution is 7.89. The molecule has 0 aliphatic heterocycles. The van der Waals surface area contributed by atoms with Gasteiger partial charge in [0.25, 0.3) is 10.0 Å². The Morgan fingerprint density at radius 1 is 1.13 bits per heavy atom. The van der Waals surface area contributed by atoms with E-state index in [1.807, 2.05) is 6.92 Å². The molecule has 6 heteroatoms. The van der Waals surface area contributed by atoms with Crippen LogP contribution in [0.1, 0.15) is 43.1 Å². The summed E-state index contributed by atoms with van der Waals surface area (Å²) in [4.78, 5) is 0.224. The van der Waals surface area contributed by atoms with Crippen LogP contribution in [0.15, 0.2) is 29.2 Å². The Morgan fingerprint density at radius 2 is 1.87 bits per heavy atom. The fraction of sp³-hybridized carbons (Fsp3) is 0.471. The molecule has 0 spiro atoms. The summed E-state index contributed by atoms with van der Waals surface area (Å²) in [5, 5.41) is 4.08. The van der Waals surface area contributed by atoms with Crippen molar-refractivity contribution in [3.8, 4) is 5.75 Å². The Kier molecular flexibility index (Phi) is 5.46. The lowest BCUT2D eigenvalue weighted by Crippen LogP contribution is -2.16. The number of ether oxygens (including phenoxy) is 1. The molecule has 1 aromatic heterocycles. The summed E-state index contributed by atoms with van der Waals surface area (Å²) in [6, 6.07) is 6.68. The number of aryl methyl sites for hydroxylation is 3. The van der Waals surface area contributed by atoms with E-state index in [4.69, 9.17) is 4.74 Å². The first-order chi connectivity index (χ1) is 10.9. The summed E-state index contributed by atoms with van der Waals surface area (Å²) in [7, 11) is -3.67. The van der Waals surface area contributed by atoms with Crippen LogP contribution in [0.3, 0.4) is 0 Å². The van der Waals surface area contributed by atoms with Gasteiger partial charge in [0.1, 0.15) is 5.75 Å². The van der Waals surface area contributed by atoms with Crippen molar-refractivity contribution in [2.24, 2.45) is 0 Å². The largest absolute Gasteiger partial charge is 0.493 e. The Bertz CT molecular complexity index is 779. The molecule has 0 aliphatic carbocycles. The lowest BCUT2D eigenvalue weighted by atomic mass is 10.2. The first-order valence-electron chi connectivity index (χ1n) is 7.88. The number of nitrogens with zero attached hydrogens (tertiary/aromatic N) is 2. The number of hydrogen-bond acceptors (Lipinski definition) is 4. The van der Waals surface area contributed by atoms with Crippen molar-refractivity contribution in [1.82, 2.24) is 9.19 Å². The van der Waals surface area contributed by atoms with Crippen molar-refractivity contribution < 1.29 is 13.2 Å². The third-order valence-electron chi connectivity index (χ3n) is 3.65. The zero-order valence-corrected chi connectivity index (χ0v) is 15.0. The molecule has 0 bridgehead atoms. The average molecular weight is 336 g/mol. The van der Waals surface area contributed by atoms with Crippen LogP contribution in [0.5, 0.6) is 5.75 Å². The molecule has 5 nitrogen and oxygen atoms in total. The van der Waals surface area contributed by atoms with Crippen molar-refractivity contribution >= 4 is 10.0 Å². The fourth-order valence-electron chi connectivity index (χ4n) is 2.43. The van der Waals surface area contributed by atoms with Crippen molar-refractivity contribution in [2.45, 2.75) is 51.9 Å². The van der Waals surface area contributed by atoms with Crippen LogP contribution >= 0.6 is 0 Å². The molecule has 23 heavy (non-hydrogen) atoms. The highest BCUT2D eigenvalue weighted by Crippen LogP contribution is 2.24. The maximum absolute atomic E-state index is 12.7. The van der Waals surface area contributed by atoms with Crippen molar-refractivity contribution in [2.75, 3.05) is 6.61 Å². The van der Waals surface area contributed by atoms with E-state index in [9.17, 15) is 8.42 Å². The molecule has 0 saturated carbocycles. The number of benzene rings is 1. The maximum Gasteiger partial charge on any atom is 0.283 e. The molecule has 0 aliphatic rings. The zero-order chi connectivity index (χ0) is 17.0. The lowest BCUT2D eigenvalue weighted by molar-refractivity contribution is 0.304. The molecular weight excluding hydrogens is 312 g/mol. The number of rotatable bonds is 7. The van der Waals surface area contributed by atoms with Crippen LogP contribution in [0.4, 0.5) is 0 Å². The second-order valence-electron chi connectivity index (χ2n) is 5.76. The van der Waals surface area contributed by atoms with Crippen LogP contribution in [0, 0.1) is 20.8 Å². The normalized spacial score (nSPS) is 11.7. The SMILES string of the molecule is CCCCCOc1ccc(S(=O)(=O)n2nc(C)cc2C)cc1C. The number of unbranched alkanes of at least 4 members (excludes halogenated alkanes) is 2. The third-order valence-corrected chi connectivity index (χ3v) is 5.32. The molecule has 2 rings (SSSR count). The lowest BCUT2D eigenvalue weighted by Gasteiger charge is -2.11. The number of aromatic nitrogens is 2. The molecule has 0 N–H and O–H groups in total. The van der Waals surface area contributed by atoms with Crippen molar-refractivity contribution in [3.05, 3.63) is 41.2 Å². The van der Waals surface area contributed by atoms with E-state index < -0.39 is 10.0 Å². The Balaban J connectivity index is 2.24. The molecule has 1 aromatic carbocycles. The molecule has 1 heterocycles. The fourth-order valence-corrected chi connectivity index (χ4v) is 3.86. The van der Waals surface area contributed by atoms with E-state index in [2.05, 4.69) is 12.0 Å². The van der Waals surface area contributed by atoms with Gasteiger partial charge in [-0.1, -0.05) is 19.8 Å². The summed E-state index contributed by atoms with van der Waals surface area (Å²) >= 11 is 0. The first kappa shape index (κ1) is 17.5. The summed E-state index contributed by atoms with van der Waals surface area (Å²) in [5.41, 5.74) is 2.09. The molecule has 0 amide bonds. The first-order valence-corrected chi connectivity index (χ1v) is 9.32. The van der Waals surface area contributed by atoms with E-state index in [0.717, 1.165) is 34.7 Å². The third kappa shape index (κ3) is 3.93. The summed E-state index contributed by atoms with van der Waals surface area (Å²) in [6.07, 6.45) is 3.27. The van der Waals surface area contributed by atoms with Gasteiger partial charge < -0.3 is 4.74 Å². The van der Waals surface area contributed by atoms with Gasteiger partial charge >= 0.3 is 0 Å². The van der Waals surface area contributed by atoms with Gasteiger partial charge in [0.15, 0.2) is 0 Å². The molecule has 0 radical (unpaired) electrons. The summed E-state index contributed by atoms with van der Waals surface area (Å²) in [5.74, 6) is 0.730. The van der Waals surface area contributed by atoms with Gasteiger partial charge in [0, 0.05) is 0 Å². The van der Waals surface area contributed by atoms with Gasteiger partial charge in [-0.25, -0.2) is 0 Å². The van der Waals surface area contributed by atoms with Gasteiger partial charge in [-0.2, -0.15) is 17.6 Å². The van der Waals surface area contributed by atoms with E-state index in [0.29, 0.717) is 18.0 Å². The second kappa shape index (κ2) is 7.17. The van der Waals surface area contributed by atoms with Gasteiger partial charge in [-0.05, 0) is 57.0 Å². The van der Waals surface area contributed by atoms with Gasteiger partial charge in [0.05, 0.1) is 22.9 Å². The molecule has 0 unspecified atom stereocenters. The van der Waals surface area contributed by atoms with Crippen LogP contribution < -0.4 is 4.74 Å². The monoisotopic (exact) mass is 336 g/mol. The summed E-state index contributed by atoms with van der Waals surface area (Å²) < 4.78 is 32.2. The summed E-state index contributed by atoms with van der Waals surface area (Å²) in [6.45, 7) is 8.16. The van der Waals surface area contributed by atoms with Gasteiger partial charge in [-0.3, -0.25) is 0 Å². The quantitative estimate of drug-likeness (QED) is 0.725. The van der Waals surface area contributed by atoms with Gasteiger partial charge in [0.2, 0.25) is 0 Å². The zero-order valence-electron chi connectivity index (χ0n) is 14.2.